The largest absolute Gasteiger partial charge is 0.477 e. The highest BCUT2D eigenvalue weighted by Crippen LogP contribution is 2.22. The lowest BCUT2D eigenvalue weighted by atomic mass is 10.2. The van der Waals surface area contributed by atoms with Gasteiger partial charge < -0.3 is 5.11 Å². The molecule has 0 bridgehead atoms. The molecular formula is C12H11NO4S2. The van der Waals surface area contributed by atoms with E-state index in [2.05, 4.69) is 4.72 Å². The van der Waals surface area contributed by atoms with E-state index in [0.29, 0.717) is 0 Å². The summed E-state index contributed by atoms with van der Waals surface area (Å²) in [5.74, 6) is -1.08. The Kier molecular flexibility index (Phi) is 3.59. The first-order valence-corrected chi connectivity index (χ1v) is 7.66. The molecule has 2 aromatic rings. The molecule has 0 fully saturated rings. The zero-order chi connectivity index (χ0) is 14.0. The van der Waals surface area contributed by atoms with Gasteiger partial charge in [-0.25, -0.2) is 13.2 Å². The topological polar surface area (TPSA) is 83.5 Å². The first-order valence-electron chi connectivity index (χ1n) is 5.30. The van der Waals surface area contributed by atoms with Crippen LogP contribution in [0.5, 0.6) is 0 Å². The van der Waals surface area contributed by atoms with Gasteiger partial charge in [0.15, 0.2) is 0 Å². The number of carboxylic acids is 1. The van der Waals surface area contributed by atoms with Crippen LogP contribution in [-0.2, 0) is 10.0 Å². The quantitative estimate of drug-likeness (QED) is 0.908. The number of anilines is 1. The van der Waals surface area contributed by atoms with Crippen LogP contribution in [0.25, 0.3) is 0 Å². The summed E-state index contributed by atoms with van der Waals surface area (Å²) in [6.07, 6.45) is 0. The highest BCUT2D eigenvalue weighted by molar-refractivity contribution is 7.92. The lowest BCUT2D eigenvalue weighted by Crippen LogP contribution is -2.12. The lowest BCUT2D eigenvalue weighted by molar-refractivity contribution is 0.0702. The summed E-state index contributed by atoms with van der Waals surface area (Å²) in [5, 5.41) is 10.2. The van der Waals surface area contributed by atoms with Crippen molar-refractivity contribution in [3.63, 3.8) is 0 Å². The zero-order valence-corrected chi connectivity index (χ0v) is 11.6. The van der Waals surface area contributed by atoms with Gasteiger partial charge in [0, 0.05) is 5.38 Å². The highest BCUT2D eigenvalue weighted by atomic mass is 32.2. The minimum absolute atomic E-state index is 0.0848. The minimum atomic E-state index is -3.68. The first-order chi connectivity index (χ1) is 8.88. The number of hydrogen-bond donors (Lipinski definition) is 2. The Morgan fingerprint density at radius 3 is 2.42 bits per heavy atom. The van der Waals surface area contributed by atoms with Gasteiger partial charge in [0.05, 0.1) is 10.6 Å². The maximum atomic E-state index is 12.0. The van der Waals surface area contributed by atoms with Gasteiger partial charge in [-0.05, 0) is 25.1 Å². The Bertz CT molecular complexity index is 702. The van der Waals surface area contributed by atoms with Gasteiger partial charge in [-0.2, -0.15) is 0 Å². The van der Waals surface area contributed by atoms with Crippen molar-refractivity contribution >= 4 is 33.0 Å². The van der Waals surface area contributed by atoms with Crippen molar-refractivity contribution in [3.8, 4) is 0 Å². The van der Waals surface area contributed by atoms with E-state index < -0.39 is 16.0 Å². The van der Waals surface area contributed by atoms with E-state index in [1.165, 1.54) is 23.6 Å². The molecule has 0 amide bonds. The second-order valence-electron chi connectivity index (χ2n) is 3.92. The van der Waals surface area contributed by atoms with Gasteiger partial charge in [0.1, 0.15) is 4.88 Å². The van der Waals surface area contributed by atoms with Crippen LogP contribution in [0, 0.1) is 6.92 Å². The van der Waals surface area contributed by atoms with Gasteiger partial charge in [0.2, 0.25) is 0 Å². The molecule has 0 spiro atoms. The van der Waals surface area contributed by atoms with Crippen molar-refractivity contribution in [2.24, 2.45) is 0 Å². The Hall–Kier alpha value is -1.86. The van der Waals surface area contributed by atoms with Crippen molar-refractivity contribution in [3.05, 3.63) is 46.2 Å². The molecule has 0 unspecified atom stereocenters. The van der Waals surface area contributed by atoms with Crippen LogP contribution in [0.3, 0.4) is 0 Å². The van der Waals surface area contributed by atoms with E-state index in [0.717, 1.165) is 16.9 Å². The van der Waals surface area contributed by atoms with Crippen molar-refractivity contribution in [2.75, 3.05) is 4.72 Å². The van der Waals surface area contributed by atoms with Crippen LogP contribution in [0.4, 0.5) is 5.69 Å². The standard InChI is InChI=1S/C12H11NO4S2/c1-8-2-4-10(5-3-8)19(16,17)13-9-6-11(12(14)15)18-7-9/h2-7,13H,1H3,(H,14,15). The van der Waals surface area contributed by atoms with Gasteiger partial charge in [-0.1, -0.05) is 17.7 Å². The number of rotatable bonds is 4. The molecule has 100 valence electrons. The molecule has 19 heavy (non-hydrogen) atoms. The number of nitrogens with one attached hydrogen (secondary N) is 1. The van der Waals surface area contributed by atoms with Crippen LogP contribution >= 0.6 is 11.3 Å². The molecular weight excluding hydrogens is 286 g/mol. The third-order valence-corrected chi connectivity index (χ3v) is 4.71. The average molecular weight is 297 g/mol. The fourth-order valence-corrected chi connectivity index (χ4v) is 3.23. The molecule has 1 aromatic heterocycles. The Balaban J connectivity index is 2.25. The molecule has 0 aliphatic heterocycles. The molecule has 0 saturated carbocycles. The summed E-state index contributed by atoms with van der Waals surface area (Å²) in [7, 11) is -3.68. The molecule has 2 N–H and O–H groups in total. The van der Waals surface area contributed by atoms with Crippen molar-refractivity contribution in [1.82, 2.24) is 0 Å². The third-order valence-electron chi connectivity index (χ3n) is 2.39. The smallest absolute Gasteiger partial charge is 0.345 e. The Morgan fingerprint density at radius 1 is 1.26 bits per heavy atom. The number of sulfonamides is 1. The maximum absolute atomic E-state index is 12.0. The fraction of sp³-hybridized carbons (Fsp3) is 0.0833. The molecule has 1 aromatic carbocycles. The second-order valence-corrected chi connectivity index (χ2v) is 6.52. The molecule has 5 nitrogen and oxygen atoms in total. The summed E-state index contributed by atoms with van der Waals surface area (Å²) < 4.78 is 26.4. The van der Waals surface area contributed by atoms with Gasteiger partial charge in [-0.15, -0.1) is 11.3 Å². The summed E-state index contributed by atoms with van der Waals surface area (Å²) in [5.41, 5.74) is 1.21. The molecule has 0 radical (unpaired) electrons. The zero-order valence-electron chi connectivity index (χ0n) is 9.95. The number of carboxylic acid groups (broad SMARTS) is 1. The molecule has 2 rings (SSSR count). The predicted molar refractivity (Wildman–Crippen MR) is 73.3 cm³/mol. The molecule has 7 heteroatoms. The van der Waals surface area contributed by atoms with Crippen LogP contribution < -0.4 is 4.72 Å². The molecule has 0 aliphatic rings. The van der Waals surface area contributed by atoms with Crippen LogP contribution in [0.15, 0.2) is 40.6 Å². The van der Waals surface area contributed by atoms with E-state index in [1.807, 2.05) is 6.92 Å². The highest BCUT2D eigenvalue weighted by Gasteiger charge is 2.15. The summed E-state index contributed by atoms with van der Waals surface area (Å²) in [6, 6.07) is 7.69. The molecule has 0 aliphatic carbocycles. The molecule has 0 saturated heterocycles. The summed E-state index contributed by atoms with van der Waals surface area (Å²) in [6.45, 7) is 1.86. The maximum Gasteiger partial charge on any atom is 0.345 e. The third kappa shape index (κ3) is 3.12. The number of carbonyl (C=O) groups is 1. The second kappa shape index (κ2) is 5.02. The Morgan fingerprint density at radius 2 is 1.89 bits per heavy atom. The fourth-order valence-electron chi connectivity index (χ4n) is 1.43. The molecule has 1 heterocycles. The number of hydrogen-bond acceptors (Lipinski definition) is 4. The Labute approximate surface area is 114 Å². The monoisotopic (exact) mass is 297 g/mol. The number of aromatic carboxylic acids is 1. The van der Waals surface area contributed by atoms with E-state index >= 15 is 0 Å². The lowest BCUT2D eigenvalue weighted by Gasteiger charge is -2.06. The van der Waals surface area contributed by atoms with Crippen molar-refractivity contribution in [2.45, 2.75) is 11.8 Å². The summed E-state index contributed by atoms with van der Waals surface area (Å²) in [4.78, 5) is 10.9. The van der Waals surface area contributed by atoms with Gasteiger partial charge in [0.25, 0.3) is 10.0 Å². The van der Waals surface area contributed by atoms with Gasteiger partial charge in [-0.3, -0.25) is 4.72 Å². The van der Waals surface area contributed by atoms with Crippen LogP contribution in [-0.4, -0.2) is 19.5 Å². The molecule has 0 atom stereocenters. The van der Waals surface area contributed by atoms with E-state index in [-0.39, 0.29) is 15.5 Å². The van der Waals surface area contributed by atoms with E-state index in [9.17, 15) is 13.2 Å². The minimum Gasteiger partial charge on any atom is -0.477 e. The van der Waals surface area contributed by atoms with E-state index in [1.54, 1.807) is 12.1 Å². The van der Waals surface area contributed by atoms with E-state index in [4.69, 9.17) is 5.11 Å². The summed E-state index contributed by atoms with van der Waals surface area (Å²) >= 11 is 0.969. The van der Waals surface area contributed by atoms with Crippen LogP contribution in [0.2, 0.25) is 0 Å². The SMILES string of the molecule is Cc1ccc(S(=O)(=O)Nc2csc(C(=O)O)c2)cc1. The number of thiophene rings is 1. The normalized spacial score (nSPS) is 11.2. The number of benzene rings is 1. The van der Waals surface area contributed by atoms with Crippen molar-refractivity contribution in [1.29, 1.82) is 0 Å². The predicted octanol–water partition coefficient (Wildman–Crippen LogP) is 2.56. The average Bonchev–Trinajstić information content (AvgIpc) is 2.77. The van der Waals surface area contributed by atoms with Crippen molar-refractivity contribution < 1.29 is 18.3 Å². The van der Waals surface area contributed by atoms with Crippen LogP contribution in [0.1, 0.15) is 15.2 Å². The van der Waals surface area contributed by atoms with Gasteiger partial charge >= 0.3 is 5.97 Å². The number of aryl methyl sites for hydroxylation is 1. The first kappa shape index (κ1) is 13.6.